The second-order valence-electron chi connectivity index (χ2n) is 4.77. The Balaban J connectivity index is 2.41. The lowest BCUT2D eigenvalue weighted by Gasteiger charge is -2.20. The summed E-state index contributed by atoms with van der Waals surface area (Å²) in [6.07, 6.45) is 2.05. The maximum absolute atomic E-state index is 11.0. The summed E-state index contributed by atoms with van der Waals surface area (Å²) in [7, 11) is 0. The minimum Gasteiger partial charge on any atom is -0.492 e. The zero-order valence-corrected chi connectivity index (χ0v) is 12.2. The third-order valence-corrected chi connectivity index (χ3v) is 2.98. The van der Waals surface area contributed by atoms with Crippen LogP contribution in [0.2, 0.25) is 0 Å². The molecule has 3 N–H and O–H groups in total. The summed E-state index contributed by atoms with van der Waals surface area (Å²) in [6.45, 7) is 4.14. The third-order valence-electron chi connectivity index (χ3n) is 2.98. The molecule has 0 spiro atoms. The summed E-state index contributed by atoms with van der Waals surface area (Å²) in [5.74, 6) is -0.708. The minimum atomic E-state index is -0.964. The van der Waals surface area contributed by atoms with Gasteiger partial charge in [-0.25, -0.2) is 4.79 Å². The number of ether oxygens (including phenoxy) is 1. The molecule has 0 aliphatic rings. The molecule has 0 unspecified atom stereocenters. The Kier molecular flexibility index (Phi) is 7.25. The van der Waals surface area contributed by atoms with Gasteiger partial charge in [0, 0.05) is 6.54 Å². The highest BCUT2D eigenvalue weighted by atomic mass is 16.5. The van der Waals surface area contributed by atoms with Gasteiger partial charge in [0.1, 0.15) is 12.4 Å². The molecule has 0 heterocycles. The van der Waals surface area contributed by atoms with E-state index in [9.17, 15) is 9.59 Å². The first-order valence-corrected chi connectivity index (χ1v) is 6.99. The number of amides is 1. The monoisotopic (exact) mass is 294 g/mol. The Hall–Kier alpha value is -2.08. The smallest absolute Gasteiger partial charge is 0.335 e. The van der Waals surface area contributed by atoms with Crippen LogP contribution < -0.4 is 10.5 Å². The topological polar surface area (TPSA) is 92.9 Å². The number of unbranched alkanes of at least 4 members (excludes halogenated alkanes) is 1. The van der Waals surface area contributed by atoms with E-state index in [1.165, 1.54) is 12.1 Å². The van der Waals surface area contributed by atoms with Crippen LogP contribution in [-0.4, -0.2) is 48.1 Å². The molecule has 0 atom stereocenters. The average Bonchev–Trinajstić information content (AvgIpc) is 2.44. The summed E-state index contributed by atoms with van der Waals surface area (Å²) in [5, 5.41) is 8.80. The number of carbonyl (C=O) groups excluding carboxylic acids is 1. The van der Waals surface area contributed by atoms with Crippen LogP contribution in [0.25, 0.3) is 0 Å². The predicted molar refractivity (Wildman–Crippen MR) is 79.4 cm³/mol. The molecule has 1 aromatic carbocycles. The van der Waals surface area contributed by atoms with Crippen molar-refractivity contribution in [1.29, 1.82) is 0 Å². The Morgan fingerprint density at radius 2 is 1.90 bits per heavy atom. The van der Waals surface area contributed by atoms with Crippen LogP contribution in [0.3, 0.4) is 0 Å². The molecule has 116 valence electrons. The van der Waals surface area contributed by atoms with Crippen LogP contribution in [0.4, 0.5) is 0 Å². The summed E-state index contributed by atoms with van der Waals surface area (Å²) in [6, 6.07) is 6.23. The van der Waals surface area contributed by atoms with Gasteiger partial charge in [-0.2, -0.15) is 0 Å². The van der Waals surface area contributed by atoms with Gasteiger partial charge in [0.15, 0.2) is 0 Å². The molecule has 6 heteroatoms. The van der Waals surface area contributed by atoms with E-state index in [0.717, 1.165) is 19.4 Å². The quantitative estimate of drug-likeness (QED) is 0.679. The number of primary amides is 1. The molecule has 1 rings (SSSR count). The maximum atomic E-state index is 11.0. The zero-order valence-electron chi connectivity index (χ0n) is 12.2. The van der Waals surface area contributed by atoms with Crippen molar-refractivity contribution in [1.82, 2.24) is 4.90 Å². The van der Waals surface area contributed by atoms with Crippen molar-refractivity contribution in [2.45, 2.75) is 19.8 Å². The van der Waals surface area contributed by atoms with Gasteiger partial charge in [-0.1, -0.05) is 13.3 Å². The Labute approximate surface area is 124 Å². The van der Waals surface area contributed by atoms with Crippen LogP contribution in [0.5, 0.6) is 5.75 Å². The molecule has 1 amide bonds. The van der Waals surface area contributed by atoms with Crippen LogP contribution in [0, 0.1) is 0 Å². The fourth-order valence-electron chi connectivity index (χ4n) is 1.86. The number of carbonyl (C=O) groups is 2. The highest BCUT2D eigenvalue weighted by molar-refractivity contribution is 5.87. The van der Waals surface area contributed by atoms with E-state index in [1.54, 1.807) is 12.1 Å². The maximum Gasteiger partial charge on any atom is 0.335 e. The van der Waals surface area contributed by atoms with Crippen LogP contribution in [0.1, 0.15) is 30.1 Å². The van der Waals surface area contributed by atoms with Crippen LogP contribution in [0.15, 0.2) is 24.3 Å². The highest BCUT2D eigenvalue weighted by Crippen LogP contribution is 2.12. The summed E-state index contributed by atoms with van der Waals surface area (Å²) in [5.41, 5.74) is 5.44. The van der Waals surface area contributed by atoms with Gasteiger partial charge in [-0.3, -0.25) is 9.69 Å². The second-order valence-corrected chi connectivity index (χ2v) is 4.77. The van der Waals surface area contributed by atoms with Gasteiger partial charge in [-0.15, -0.1) is 0 Å². The van der Waals surface area contributed by atoms with Crippen molar-refractivity contribution in [3.63, 3.8) is 0 Å². The first-order chi connectivity index (χ1) is 10.0. The van der Waals surface area contributed by atoms with Gasteiger partial charge >= 0.3 is 5.97 Å². The van der Waals surface area contributed by atoms with E-state index in [0.29, 0.717) is 18.9 Å². The predicted octanol–water partition coefficient (Wildman–Crippen LogP) is 1.35. The van der Waals surface area contributed by atoms with Crippen molar-refractivity contribution in [3.05, 3.63) is 29.8 Å². The van der Waals surface area contributed by atoms with E-state index in [1.807, 2.05) is 4.90 Å². The lowest BCUT2D eigenvalue weighted by Crippen LogP contribution is -2.37. The summed E-state index contributed by atoms with van der Waals surface area (Å²) >= 11 is 0. The Morgan fingerprint density at radius 1 is 1.24 bits per heavy atom. The first kappa shape index (κ1) is 17.0. The summed E-state index contributed by atoms with van der Waals surface area (Å²) in [4.78, 5) is 23.7. The van der Waals surface area contributed by atoms with Crippen LogP contribution >= 0.6 is 0 Å². The lowest BCUT2D eigenvalue weighted by molar-refractivity contribution is -0.119. The number of benzene rings is 1. The number of nitrogens with zero attached hydrogens (tertiary/aromatic N) is 1. The fourth-order valence-corrected chi connectivity index (χ4v) is 1.86. The number of hydrogen-bond acceptors (Lipinski definition) is 4. The highest BCUT2D eigenvalue weighted by Gasteiger charge is 2.08. The van der Waals surface area contributed by atoms with Crippen molar-refractivity contribution < 1.29 is 19.4 Å². The van der Waals surface area contributed by atoms with Crippen LogP contribution in [-0.2, 0) is 4.79 Å². The number of rotatable bonds is 10. The first-order valence-electron chi connectivity index (χ1n) is 6.99. The molecular weight excluding hydrogens is 272 g/mol. The van der Waals surface area contributed by atoms with Crippen molar-refractivity contribution in [2.75, 3.05) is 26.2 Å². The number of nitrogens with two attached hydrogens (primary N) is 1. The van der Waals surface area contributed by atoms with Gasteiger partial charge in [0.05, 0.1) is 12.1 Å². The molecule has 0 aliphatic heterocycles. The number of carboxylic acids is 1. The van der Waals surface area contributed by atoms with Crippen molar-refractivity contribution in [3.8, 4) is 5.75 Å². The summed E-state index contributed by atoms with van der Waals surface area (Å²) < 4.78 is 5.55. The molecule has 21 heavy (non-hydrogen) atoms. The molecule has 0 fully saturated rings. The van der Waals surface area contributed by atoms with E-state index >= 15 is 0 Å². The van der Waals surface area contributed by atoms with E-state index in [4.69, 9.17) is 15.6 Å². The Morgan fingerprint density at radius 3 is 2.43 bits per heavy atom. The van der Waals surface area contributed by atoms with Crippen molar-refractivity contribution in [2.24, 2.45) is 5.73 Å². The number of hydrogen-bond donors (Lipinski definition) is 2. The largest absolute Gasteiger partial charge is 0.492 e. The third kappa shape index (κ3) is 6.76. The normalized spacial score (nSPS) is 10.6. The zero-order chi connectivity index (χ0) is 15.7. The van der Waals surface area contributed by atoms with Gasteiger partial charge in [0.2, 0.25) is 5.91 Å². The van der Waals surface area contributed by atoms with E-state index in [2.05, 4.69) is 6.92 Å². The number of aromatic carboxylic acids is 1. The molecule has 0 bridgehead atoms. The number of carboxylic acid groups (broad SMARTS) is 1. The lowest BCUT2D eigenvalue weighted by atomic mass is 10.2. The molecular formula is C15H22N2O4. The molecule has 0 saturated heterocycles. The van der Waals surface area contributed by atoms with Crippen molar-refractivity contribution >= 4 is 11.9 Å². The molecule has 0 radical (unpaired) electrons. The van der Waals surface area contributed by atoms with E-state index < -0.39 is 5.97 Å². The van der Waals surface area contributed by atoms with E-state index in [-0.39, 0.29) is 18.0 Å². The van der Waals surface area contributed by atoms with Gasteiger partial charge in [0.25, 0.3) is 0 Å². The molecule has 6 nitrogen and oxygen atoms in total. The average molecular weight is 294 g/mol. The minimum absolute atomic E-state index is 0.223. The SMILES string of the molecule is CCCCN(CCOc1ccc(C(=O)O)cc1)CC(N)=O. The second kappa shape index (κ2) is 8.97. The van der Waals surface area contributed by atoms with Gasteiger partial charge in [-0.05, 0) is 37.2 Å². The Bertz CT molecular complexity index is 459. The molecule has 0 aromatic heterocycles. The molecule has 0 aliphatic carbocycles. The molecule has 0 saturated carbocycles. The van der Waals surface area contributed by atoms with Gasteiger partial charge < -0.3 is 15.6 Å². The fraction of sp³-hybridized carbons (Fsp3) is 0.467. The standard InChI is InChI=1S/C15H22N2O4/c1-2-3-8-17(11-14(16)18)9-10-21-13-6-4-12(5-7-13)15(19)20/h4-7H,2-3,8-11H2,1H3,(H2,16,18)(H,19,20). The molecule has 1 aromatic rings.